The molecule has 5 N–H and O–H groups in total. The van der Waals surface area contributed by atoms with Gasteiger partial charge in [0.25, 0.3) is 5.91 Å². The van der Waals surface area contributed by atoms with Crippen LogP contribution in [0.25, 0.3) is 16.8 Å². The van der Waals surface area contributed by atoms with Gasteiger partial charge in [-0.05, 0) is 25.0 Å². The molecule has 4 aromatic rings. The van der Waals surface area contributed by atoms with Crippen molar-refractivity contribution in [3.8, 4) is 17.2 Å². The van der Waals surface area contributed by atoms with Crippen LogP contribution in [0.15, 0.2) is 43.1 Å². The Balaban J connectivity index is 1.30. The number of anilines is 1. The van der Waals surface area contributed by atoms with Gasteiger partial charge in [0, 0.05) is 67.5 Å². The molecule has 1 fully saturated rings. The van der Waals surface area contributed by atoms with Crippen molar-refractivity contribution in [2.45, 2.75) is 31.9 Å². The summed E-state index contributed by atoms with van der Waals surface area (Å²) in [4.78, 5) is 23.1. The normalized spacial score (nSPS) is 19.1. The molecule has 12 heteroatoms. The molecular formula is C25H28N10O2. The first-order valence-electron chi connectivity index (χ1n) is 12.0. The van der Waals surface area contributed by atoms with Gasteiger partial charge in [-0.3, -0.25) is 9.89 Å². The van der Waals surface area contributed by atoms with Crippen molar-refractivity contribution < 1.29 is 9.90 Å². The lowest BCUT2D eigenvalue weighted by Gasteiger charge is -2.27. The fourth-order valence-electron chi connectivity index (χ4n) is 4.84. The van der Waals surface area contributed by atoms with Crippen LogP contribution >= 0.6 is 0 Å². The van der Waals surface area contributed by atoms with Crippen molar-refractivity contribution in [1.82, 2.24) is 35.1 Å². The number of fused-ring (bicyclic) bond motifs is 1. The maximum Gasteiger partial charge on any atom is 0.251 e. The average molecular weight is 501 g/mol. The fraction of sp³-hybridized carbons (Fsp3) is 0.360. The van der Waals surface area contributed by atoms with Gasteiger partial charge in [0.15, 0.2) is 5.65 Å². The zero-order valence-electron chi connectivity index (χ0n) is 20.6. The highest BCUT2D eigenvalue weighted by Crippen LogP contribution is 2.31. The van der Waals surface area contributed by atoms with E-state index in [9.17, 15) is 9.90 Å². The van der Waals surface area contributed by atoms with E-state index in [0.717, 1.165) is 18.9 Å². The molecule has 0 aromatic carbocycles. The predicted octanol–water partition coefficient (Wildman–Crippen LogP) is 0.893. The van der Waals surface area contributed by atoms with Gasteiger partial charge in [0.1, 0.15) is 11.9 Å². The average Bonchev–Trinajstić information content (AvgIpc) is 3.62. The molecule has 37 heavy (non-hydrogen) atoms. The van der Waals surface area contributed by atoms with Crippen LogP contribution in [-0.2, 0) is 6.42 Å². The van der Waals surface area contributed by atoms with Gasteiger partial charge in [-0.15, -0.1) is 0 Å². The molecule has 3 atom stereocenters. The lowest BCUT2D eigenvalue weighted by atomic mass is 9.93. The van der Waals surface area contributed by atoms with Gasteiger partial charge < -0.3 is 21.1 Å². The van der Waals surface area contributed by atoms with Gasteiger partial charge in [0.05, 0.1) is 29.1 Å². The van der Waals surface area contributed by atoms with Crippen molar-refractivity contribution >= 4 is 17.4 Å². The third-order valence-corrected chi connectivity index (χ3v) is 6.79. The Labute approximate surface area is 213 Å². The maximum atomic E-state index is 12.2. The molecule has 0 aliphatic carbocycles. The van der Waals surface area contributed by atoms with Gasteiger partial charge in [0.2, 0.25) is 0 Å². The Morgan fingerprint density at radius 2 is 2.16 bits per heavy atom. The number of aliphatic hydroxyl groups is 1. The number of carbonyl (C=O) groups is 1. The highest BCUT2D eigenvalue weighted by Gasteiger charge is 2.33. The number of rotatable bonds is 8. The number of amides is 1. The van der Waals surface area contributed by atoms with Crippen molar-refractivity contribution in [3.05, 3.63) is 59.9 Å². The van der Waals surface area contributed by atoms with Crippen LogP contribution in [-0.4, -0.2) is 72.1 Å². The van der Waals surface area contributed by atoms with Crippen LogP contribution < -0.4 is 16.0 Å². The molecule has 1 saturated heterocycles. The Morgan fingerprint density at radius 3 is 2.89 bits per heavy atom. The minimum atomic E-state index is -1.12. The third kappa shape index (κ3) is 4.87. The highest BCUT2D eigenvalue weighted by atomic mass is 16.3. The lowest BCUT2D eigenvalue weighted by Crippen LogP contribution is -2.46. The van der Waals surface area contributed by atoms with Crippen molar-refractivity contribution in [1.29, 1.82) is 5.26 Å². The van der Waals surface area contributed by atoms with E-state index in [-0.39, 0.29) is 18.0 Å². The molecule has 5 rings (SSSR count). The Morgan fingerprint density at radius 1 is 1.32 bits per heavy atom. The number of nitrogens with one attached hydrogen (secondary N) is 2. The smallest absolute Gasteiger partial charge is 0.251 e. The van der Waals surface area contributed by atoms with Crippen molar-refractivity contribution in [2.24, 2.45) is 11.7 Å². The SMILES string of the molecule is C[C@H]1CN(c2ccc(C#N)cn2)C[C@H]1NCC(C)(O)Cc1[nH]ncc1-c1c(C(N)=O)cnn2ccnc12. The summed E-state index contributed by atoms with van der Waals surface area (Å²) in [6.07, 6.45) is 8.14. The van der Waals surface area contributed by atoms with Gasteiger partial charge >= 0.3 is 0 Å². The summed E-state index contributed by atoms with van der Waals surface area (Å²) in [5.74, 6) is 0.543. The number of aromatic amines is 1. The molecule has 0 bridgehead atoms. The summed E-state index contributed by atoms with van der Waals surface area (Å²) in [5.41, 5.74) is 7.57. The molecule has 5 heterocycles. The number of carbonyl (C=O) groups excluding carboxylic acids is 1. The second-order valence-corrected chi connectivity index (χ2v) is 9.82. The van der Waals surface area contributed by atoms with E-state index >= 15 is 0 Å². The summed E-state index contributed by atoms with van der Waals surface area (Å²) >= 11 is 0. The zero-order valence-corrected chi connectivity index (χ0v) is 20.6. The molecule has 4 aromatic heterocycles. The van der Waals surface area contributed by atoms with Gasteiger partial charge in [-0.1, -0.05) is 6.92 Å². The van der Waals surface area contributed by atoms with E-state index in [1.807, 2.05) is 6.07 Å². The quantitative estimate of drug-likeness (QED) is 0.274. The number of primary amides is 1. The van der Waals surface area contributed by atoms with Crippen LogP contribution in [0.3, 0.4) is 0 Å². The Kier molecular flexibility index (Phi) is 6.32. The number of aromatic nitrogens is 6. The summed E-state index contributed by atoms with van der Waals surface area (Å²) in [7, 11) is 0. The number of nitrogens with two attached hydrogens (primary N) is 1. The number of imidazole rings is 1. The Hall–Kier alpha value is -4.34. The molecule has 1 aliphatic rings. The minimum Gasteiger partial charge on any atom is -0.388 e. The number of hydrogen-bond acceptors (Lipinski definition) is 9. The van der Waals surface area contributed by atoms with Crippen molar-refractivity contribution in [3.63, 3.8) is 0 Å². The summed E-state index contributed by atoms with van der Waals surface area (Å²) in [6.45, 7) is 5.82. The number of nitriles is 1. The van der Waals surface area contributed by atoms with Crippen LogP contribution in [0.2, 0.25) is 0 Å². The molecule has 0 spiro atoms. The summed E-state index contributed by atoms with van der Waals surface area (Å²) < 4.78 is 1.56. The molecule has 0 radical (unpaired) electrons. The van der Waals surface area contributed by atoms with E-state index in [1.165, 1.54) is 6.20 Å². The van der Waals surface area contributed by atoms with Crippen LogP contribution in [0.1, 0.15) is 35.5 Å². The molecule has 1 amide bonds. The van der Waals surface area contributed by atoms with E-state index in [0.29, 0.717) is 40.5 Å². The van der Waals surface area contributed by atoms with E-state index < -0.39 is 11.5 Å². The van der Waals surface area contributed by atoms with Crippen LogP contribution in [0, 0.1) is 17.2 Å². The monoisotopic (exact) mass is 500 g/mol. The molecule has 12 nitrogen and oxygen atoms in total. The zero-order chi connectivity index (χ0) is 26.2. The van der Waals surface area contributed by atoms with Crippen LogP contribution in [0.5, 0.6) is 0 Å². The second-order valence-electron chi connectivity index (χ2n) is 9.82. The number of hydrogen-bond donors (Lipinski definition) is 4. The van der Waals surface area contributed by atoms with Gasteiger partial charge in [-0.25, -0.2) is 14.5 Å². The van der Waals surface area contributed by atoms with E-state index in [2.05, 4.69) is 48.5 Å². The number of H-pyrrole nitrogens is 1. The molecule has 0 saturated carbocycles. The largest absolute Gasteiger partial charge is 0.388 e. The molecular weight excluding hydrogens is 472 g/mol. The van der Waals surface area contributed by atoms with E-state index in [1.54, 1.807) is 42.3 Å². The van der Waals surface area contributed by atoms with Crippen molar-refractivity contribution in [2.75, 3.05) is 24.5 Å². The minimum absolute atomic E-state index is 0.149. The molecule has 190 valence electrons. The fourth-order valence-corrected chi connectivity index (χ4v) is 4.84. The molecule has 1 aliphatic heterocycles. The maximum absolute atomic E-state index is 12.2. The third-order valence-electron chi connectivity index (χ3n) is 6.79. The predicted molar refractivity (Wildman–Crippen MR) is 136 cm³/mol. The first-order chi connectivity index (χ1) is 17.8. The summed E-state index contributed by atoms with van der Waals surface area (Å²) in [6, 6.07) is 5.87. The highest BCUT2D eigenvalue weighted by molar-refractivity contribution is 6.03. The second kappa shape index (κ2) is 9.61. The van der Waals surface area contributed by atoms with Gasteiger partial charge in [-0.2, -0.15) is 15.5 Å². The molecule has 1 unspecified atom stereocenters. The Bertz CT molecular complexity index is 1470. The van der Waals surface area contributed by atoms with Crippen LogP contribution in [0.4, 0.5) is 5.82 Å². The lowest BCUT2D eigenvalue weighted by molar-refractivity contribution is 0.0556. The first-order valence-corrected chi connectivity index (χ1v) is 12.0. The number of nitrogens with zero attached hydrogens (tertiary/aromatic N) is 7. The van der Waals surface area contributed by atoms with E-state index in [4.69, 9.17) is 11.0 Å². The standard InChI is InChI=1S/C25H28N10O2/c1-15-12-34(21-4-3-16(8-26)9-29-21)13-20(15)30-14-25(2,37)7-19-17(10-31-33-19)22-18(23(27)36)11-32-35-6-5-28-24(22)35/h3-6,9-11,15,20,30,37H,7,12-14H2,1-2H3,(H2,27,36)(H,31,33)/t15-,20+,25?/m0/s1. The summed E-state index contributed by atoms with van der Waals surface area (Å²) in [5, 5.41) is 35.2. The topological polar surface area (TPSA) is 174 Å². The number of pyridine rings is 1. The first kappa shape index (κ1) is 24.4.